The summed E-state index contributed by atoms with van der Waals surface area (Å²) in [7, 11) is 0. The Labute approximate surface area is 279 Å². The van der Waals surface area contributed by atoms with E-state index in [1.54, 1.807) is 12.5 Å². The molecule has 1 aliphatic heterocycles. The summed E-state index contributed by atoms with van der Waals surface area (Å²) in [4.78, 5) is 30.0. The number of nitrogens with zero attached hydrogens (tertiary/aromatic N) is 2. The molecule has 0 saturated carbocycles. The number of morpholine rings is 1. The third-order valence-corrected chi connectivity index (χ3v) is 8.43. The molecule has 48 heavy (non-hydrogen) atoms. The Morgan fingerprint density at radius 2 is 1.56 bits per heavy atom. The molecule has 6 rings (SSSR count). The SMILES string of the molecule is O=C(O)NC(C(=O)Nc1ccccc1CC[C@@H]1CNC[C@@H](COc2ccc(-n3ccnc3)cc2)O1)C(c1ccccc1)c1ccccc1. The van der Waals surface area contributed by atoms with Crippen molar-refractivity contribution >= 4 is 17.7 Å². The highest BCUT2D eigenvalue weighted by atomic mass is 16.5. The first-order valence-corrected chi connectivity index (χ1v) is 16.1. The van der Waals surface area contributed by atoms with Gasteiger partial charge >= 0.3 is 6.09 Å². The number of nitrogens with one attached hydrogen (secondary N) is 3. The number of para-hydroxylation sites is 1. The number of benzene rings is 4. The van der Waals surface area contributed by atoms with Gasteiger partial charge in [-0.25, -0.2) is 9.78 Å². The Hall–Kier alpha value is -5.45. The van der Waals surface area contributed by atoms with Crippen LogP contribution in [0.4, 0.5) is 10.5 Å². The molecule has 0 spiro atoms. The van der Waals surface area contributed by atoms with Gasteiger partial charge in [0.25, 0.3) is 0 Å². The predicted molar refractivity (Wildman–Crippen MR) is 184 cm³/mol. The summed E-state index contributed by atoms with van der Waals surface area (Å²) in [6.07, 6.45) is 5.35. The van der Waals surface area contributed by atoms with Gasteiger partial charge in [0.15, 0.2) is 0 Å². The number of hydrogen-bond donors (Lipinski definition) is 4. The Kier molecular flexibility index (Phi) is 10.8. The van der Waals surface area contributed by atoms with Crippen LogP contribution in [0, 0.1) is 0 Å². The molecule has 0 aliphatic carbocycles. The van der Waals surface area contributed by atoms with Crippen LogP contribution >= 0.6 is 0 Å². The number of amides is 2. The van der Waals surface area contributed by atoms with E-state index in [4.69, 9.17) is 9.47 Å². The van der Waals surface area contributed by atoms with Gasteiger partial charge in [-0.1, -0.05) is 78.9 Å². The standard InChI is InChI=1S/C38H39N5O5/c44-37(36(42-38(45)46)35(28-10-3-1-4-11-28)29-12-5-2-6-13-29)41-34-14-8-7-9-27(34)15-18-32-23-40-24-33(48-32)25-47-31-19-16-30(17-20-31)43-22-21-39-26-43/h1-14,16-17,19-22,26,32-33,35-36,40,42H,15,18,23-25H2,(H,41,44)(H,45,46)/t32-,33+,36?/m1/s1. The molecule has 0 bridgehead atoms. The molecular formula is C38H39N5O5. The van der Waals surface area contributed by atoms with Gasteiger partial charge in [0.05, 0.1) is 12.4 Å². The number of aryl methyl sites for hydroxylation is 1. The number of anilines is 1. The molecule has 3 atom stereocenters. The monoisotopic (exact) mass is 645 g/mol. The molecule has 1 aliphatic rings. The van der Waals surface area contributed by atoms with Gasteiger partial charge in [-0.15, -0.1) is 0 Å². The van der Waals surface area contributed by atoms with Gasteiger partial charge < -0.3 is 35.1 Å². The minimum absolute atomic E-state index is 0.0401. The van der Waals surface area contributed by atoms with Gasteiger partial charge in [-0.05, 0) is 59.9 Å². The van der Waals surface area contributed by atoms with Crippen molar-refractivity contribution in [3.8, 4) is 11.4 Å². The second kappa shape index (κ2) is 15.9. The van der Waals surface area contributed by atoms with E-state index in [0.717, 1.165) is 34.5 Å². The van der Waals surface area contributed by atoms with E-state index < -0.39 is 24.0 Å². The molecule has 246 valence electrons. The van der Waals surface area contributed by atoms with Crippen molar-refractivity contribution in [3.63, 3.8) is 0 Å². The van der Waals surface area contributed by atoms with Crippen LogP contribution in [-0.2, 0) is 16.0 Å². The lowest BCUT2D eigenvalue weighted by Gasteiger charge is -2.31. The topological polar surface area (TPSA) is 127 Å². The van der Waals surface area contributed by atoms with Crippen LogP contribution in [0.15, 0.2) is 128 Å². The van der Waals surface area contributed by atoms with E-state index in [1.807, 2.05) is 120 Å². The largest absolute Gasteiger partial charge is 0.491 e. The van der Waals surface area contributed by atoms with Gasteiger partial charge in [-0.3, -0.25) is 4.79 Å². The quantitative estimate of drug-likeness (QED) is 0.130. The highest BCUT2D eigenvalue weighted by Gasteiger charge is 2.33. The van der Waals surface area contributed by atoms with E-state index in [1.165, 1.54) is 0 Å². The fourth-order valence-corrected chi connectivity index (χ4v) is 6.08. The fraction of sp³-hybridized carbons (Fsp3) is 0.237. The molecule has 10 heteroatoms. The zero-order chi connectivity index (χ0) is 33.1. The Bertz CT molecular complexity index is 1710. The van der Waals surface area contributed by atoms with Crippen molar-refractivity contribution in [2.24, 2.45) is 0 Å². The maximum Gasteiger partial charge on any atom is 0.405 e. The molecule has 1 fully saturated rings. The number of ether oxygens (including phenoxy) is 2. The van der Waals surface area contributed by atoms with Crippen molar-refractivity contribution in [1.82, 2.24) is 20.2 Å². The minimum atomic E-state index is -1.27. The van der Waals surface area contributed by atoms with Crippen LogP contribution in [0.5, 0.6) is 5.75 Å². The van der Waals surface area contributed by atoms with Gasteiger partial charge in [0.2, 0.25) is 5.91 Å². The third-order valence-electron chi connectivity index (χ3n) is 8.43. The molecule has 1 saturated heterocycles. The second-order valence-electron chi connectivity index (χ2n) is 11.7. The first kappa shape index (κ1) is 32.5. The maximum atomic E-state index is 13.9. The summed E-state index contributed by atoms with van der Waals surface area (Å²) in [5, 5.41) is 18.8. The lowest BCUT2D eigenvalue weighted by Crippen LogP contribution is -2.47. The normalized spacial score (nSPS) is 16.6. The van der Waals surface area contributed by atoms with Crippen molar-refractivity contribution < 1.29 is 24.2 Å². The first-order chi connectivity index (χ1) is 23.5. The third kappa shape index (κ3) is 8.47. The average molecular weight is 646 g/mol. The van der Waals surface area contributed by atoms with Crippen molar-refractivity contribution in [3.05, 3.63) is 145 Å². The molecular weight excluding hydrogens is 606 g/mol. The van der Waals surface area contributed by atoms with Crippen molar-refractivity contribution in [2.75, 3.05) is 25.0 Å². The Morgan fingerprint density at radius 3 is 2.23 bits per heavy atom. The van der Waals surface area contributed by atoms with Crippen LogP contribution in [0.1, 0.15) is 29.0 Å². The van der Waals surface area contributed by atoms with E-state index in [2.05, 4.69) is 20.9 Å². The maximum absolute atomic E-state index is 13.9. The van der Waals surface area contributed by atoms with Gasteiger partial charge in [-0.2, -0.15) is 0 Å². The highest BCUT2D eigenvalue weighted by Crippen LogP contribution is 2.30. The Morgan fingerprint density at radius 1 is 0.896 bits per heavy atom. The molecule has 4 N–H and O–H groups in total. The zero-order valence-electron chi connectivity index (χ0n) is 26.4. The number of carbonyl (C=O) groups is 2. The summed E-state index contributed by atoms with van der Waals surface area (Å²) < 4.78 is 14.4. The second-order valence-corrected chi connectivity index (χ2v) is 11.7. The van der Waals surface area contributed by atoms with E-state index >= 15 is 0 Å². The lowest BCUT2D eigenvalue weighted by atomic mass is 9.84. The van der Waals surface area contributed by atoms with Gasteiger partial charge in [0.1, 0.15) is 24.5 Å². The zero-order valence-corrected chi connectivity index (χ0v) is 26.4. The number of carbonyl (C=O) groups excluding carboxylic acids is 1. The van der Waals surface area contributed by atoms with Gasteiger partial charge in [0, 0.05) is 42.8 Å². The highest BCUT2D eigenvalue weighted by molar-refractivity contribution is 5.98. The number of imidazole rings is 1. The summed E-state index contributed by atoms with van der Waals surface area (Å²) in [5.74, 6) is -0.203. The fourth-order valence-electron chi connectivity index (χ4n) is 6.08. The summed E-state index contributed by atoms with van der Waals surface area (Å²) in [6, 6.07) is 33.3. The number of rotatable bonds is 13. The van der Waals surface area contributed by atoms with E-state index in [-0.39, 0.29) is 12.2 Å². The van der Waals surface area contributed by atoms with Crippen LogP contribution in [0.2, 0.25) is 0 Å². The molecule has 4 aromatic carbocycles. The Balaban J connectivity index is 1.08. The molecule has 10 nitrogen and oxygen atoms in total. The molecule has 2 heterocycles. The number of hydrogen-bond acceptors (Lipinski definition) is 6. The minimum Gasteiger partial charge on any atom is -0.491 e. The smallest absolute Gasteiger partial charge is 0.405 e. The number of aromatic nitrogens is 2. The summed E-state index contributed by atoms with van der Waals surface area (Å²) >= 11 is 0. The summed E-state index contributed by atoms with van der Waals surface area (Å²) in [5.41, 5.74) is 4.25. The van der Waals surface area contributed by atoms with Crippen molar-refractivity contribution in [2.45, 2.75) is 37.0 Å². The molecule has 2 amide bonds. The van der Waals surface area contributed by atoms with Crippen LogP contribution < -0.4 is 20.7 Å². The molecule has 5 aromatic rings. The molecule has 1 aromatic heterocycles. The van der Waals surface area contributed by atoms with Crippen LogP contribution in [-0.4, -0.2) is 64.6 Å². The van der Waals surface area contributed by atoms with Crippen molar-refractivity contribution in [1.29, 1.82) is 0 Å². The molecule has 1 unspecified atom stereocenters. The summed E-state index contributed by atoms with van der Waals surface area (Å²) in [6.45, 7) is 1.83. The van der Waals surface area contributed by atoms with Crippen LogP contribution in [0.25, 0.3) is 5.69 Å². The lowest BCUT2D eigenvalue weighted by molar-refractivity contribution is -0.118. The predicted octanol–water partition coefficient (Wildman–Crippen LogP) is 5.65. The molecule has 0 radical (unpaired) electrons. The van der Waals surface area contributed by atoms with E-state index in [9.17, 15) is 14.7 Å². The average Bonchev–Trinajstić information content (AvgIpc) is 3.67. The first-order valence-electron chi connectivity index (χ1n) is 16.1. The van der Waals surface area contributed by atoms with Crippen LogP contribution in [0.3, 0.4) is 0 Å². The number of carboxylic acid groups (broad SMARTS) is 1. The van der Waals surface area contributed by atoms with E-state index in [0.29, 0.717) is 31.8 Å².